The number of rotatable bonds is 4. The molecule has 1 aliphatic heterocycles. The van der Waals surface area contributed by atoms with Gasteiger partial charge in [-0.15, -0.1) is 0 Å². The molecule has 4 rings (SSSR count). The van der Waals surface area contributed by atoms with Gasteiger partial charge in [0.05, 0.1) is 5.02 Å². The van der Waals surface area contributed by atoms with Gasteiger partial charge in [0.15, 0.2) is 10.9 Å². The summed E-state index contributed by atoms with van der Waals surface area (Å²) in [7, 11) is 0. The number of benzene rings is 2. The van der Waals surface area contributed by atoms with E-state index in [4.69, 9.17) is 39.8 Å². The van der Waals surface area contributed by atoms with Crippen molar-refractivity contribution in [1.82, 2.24) is 5.32 Å². The lowest BCUT2D eigenvalue weighted by atomic mass is 9.99. The Balaban J connectivity index is 1.34. The molecule has 0 bridgehead atoms. The van der Waals surface area contributed by atoms with Crippen LogP contribution in [-0.2, 0) is 0 Å². The molecule has 1 amide bonds. The van der Waals surface area contributed by atoms with Crippen molar-refractivity contribution in [3.05, 3.63) is 70.4 Å². The maximum absolute atomic E-state index is 12.5. The molecule has 1 aromatic heterocycles. The number of thiocarbonyl (C=S) groups is 1. The average molecular weight is 488 g/mol. The molecule has 2 N–H and O–H groups in total. The van der Waals surface area contributed by atoms with Crippen molar-refractivity contribution in [1.29, 1.82) is 0 Å². The lowest BCUT2D eigenvalue weighted by Crippen LogP contribution is -2.34. The van der Waals surface area contributed by atoms with Gasteiger partial charge in [-0.2, -0.15) is 0 Å². The Hall–Kier alpha value is -2.54. The molecule has 0 spiro atoms. The molecule has 8 heteroatoms. The Labute approximate surface area is 202 Å². The number of carbonyl (C=O) groups is 1. The van der Waals surface area contributed by atoms with Crippen LogP contribution >= 0.6 is 35.4 Å². The van der Waals surface area contributed by atoms with Crippen molar-refractivity contribution in [2.45, 2.75) is 19.8 Å². The van der Waals surface area contributed by atoms with E-state index in [2.05, 4.69) is 34.6 Å². The van der Waals surface area contributed by atoms with Crippen LogP contribution in [0.3, 0.4) is 0 Å². The normalized spacial score (nSPS) is 14.3. The van der Waals surface area contributed by atoms with Crippen molar-refractivity contribution < 1.29 is 9.21 Å². The van der Waals surface area contributed by atoms with Crippen LogP contribution in [0.5, 0.6) is 0 Å². The number of carbonyl (C=O) groups excluding carboxylic acids is 1. The van der Waals surface area contributed by atoms with E-state index in [0.29, 0.717) is 21.4 Å². The molecule has 0 aliphatic carbocycles. The van der Waals surface area contributed by atoms with Gasteiger partial charge in [0.1, 0.15) is 5.76 Å². The van der Waals surface area contributed by atoms with Gasteiger partial charge < -0.3 is 14.6 Å². The van der Waals surface area contributed by atoms with Gasteiger partial charge in [-0.1, -0.05) is 30.1 Å². The first-order valence-corrected chi connectivity index (χ1v) is 11.6. The molecule has 1 aliphatic rings. The quantitative estimate of drug-likeness (QED) is 0.405. The highest BCUT2D eigenvalue weighted by molar-refractivity contribution is 7.80. The number of nitrogens with zero attached hydrogens (tertiary/aromatic N) is 1. The fraction of sp³-hybridized carbons (Fsp3) is 0.250. The van der Waals surface area contributed by atoms with Crippen LogP contribution in [0.2, 0.25) is 10.0 Å². The summed E-state index contributed by atoms with van der Waals surface area (Å²) in [5.74, 6) is 0.947. The molecule has 2 aromatic carbocycles. The summed E-state index contributed by atoms with van der Waals surface area (Å²) >= 11 is 17.4. The number of anilines is 2. The highest BCUT2D eigenvalue weighted by Crippen LogP contribution is 2.31. The summed E-state index contributed by atoms with van der Waals surface area (Å²) in [5, 5.41) is 6.84. The van der Waals surface area contributed by atoms with Gasteiger partial charge in [-0.25, -0.2) is 0 Å². The van der Waals surface area contributed by atoms with Gasteiger partial charge in [0.2, 0.25) is 0 Å². The van der Waals surface area contributed by atoms with Crippen LogP contribution in [0.1, 0.15) is 30.3 Å². The van der Waals surface area contributed by atoms with Gasteiger partial charge in [-0.05, 0) is 85.6 Å². The Kier molecular flexibility index (Phi) is 7.04. The van der Waals surface area contributed by atoms with Crippen LogP contribution in [0.15, 0.2) is 59.0 Å². The molecule has 1 fully saturated rings. The molecule has 32 heavy (non-hydrogen) atoms. The molecule has 0 atom stereocenters. The minimum Gasteiger partial charge on any atom is -0.451 e. The summed E-state index contributed by atoms with van der Waals surface area (Å²) in [5.41, 5.74) is 2.65. The minimum absolute atomic E-state index is 0.129. The van der Waals surface area contributed by atoms with E-state index in [1.165, 1.54) is 18.5 Å². The summed E-state index contributed by atoms with van der Waals surface area (Å²) in [6.45, 7) is 4.46. The van der Waals surface area contributed by atoms with Crippen LogP contribution in [0.4, 0.5) is 11.4 Å². The third-order valence-electron chi connectivity index (χ3n) is 5.53. The number of nitrogens with one attached hydrogen (secondary N) is 2. The van der Waals surface area contributed by atoms with E-state index >= 15 is 0 Å². The monoisotopic (exact) mass is 487 g/mol. The Morgan fingerprint density at radius 2 is 1.78 bits per heavy atom. The first-order valence-electron chi connectivity index (χ1n) is 10.4. The van der Waals surface area contributed by atoms with E-state index in [1.807, 2.05) is 12.1 Å². The number of halogens is 2. The third-order valence-corrected chi connectivity index (χ3v) is 6.28. The van der Waals surface area contributed by atoms with Crippen molar-refractivity contribution in [2.75, 3.05) is 23.3 Å². The molecule has 5 nitrogen and oxygen atoms in total. The predicted octanol–water partition coefficient (Wildman–Crippen LogP) is 6.62. The largest absolute Gasteiger partial charge is 0.451 e. The number of amides is 1. The number of furan rings is 1. The first-order chi connectivity index (χ1) is 15.4. The lowest BCUT2D eigenvalue weighted by molar-refractivity contribution is 0.0951. The van der Waals surface area contributed by atoms with E-state index in [9.17, 15) is 4.79 Å². The molecular weight excluding hydrogens is 465 g/mol. The van der Waals surface area contributed by atoms with Crippen LogP contribution in [0, 0.1) is 5.92 Å². The van der Waals surface area contributed by atoms with E-state index in [-0.39, 0.29) is 10.9 Å². The fourth-order valence-corrected chi connectivity index (χ4v) is 4.36. The molecule has 0 unspecified atom stereocenters. The second-order valence-electron chi connectivity index (χ2n) is 7.91. The maximum atomic E-state index is 12.5. The molecule has 0 saturated carbocycles. The second kappa shape index (κ2) is 9.94. The summed E-state index contributed by atoms with van der Waals surface area (Å²) in [6, 6.07) is 16.4. The Bertz CT molecular complexity index is 1120. The smallest absolute Gasteiger partial charge is 0.293 e. The van der Waals surface area contributed by atoms with Crippen molar-refractivity contribution in [3.63, 3.8) is 0 Å². The molecule has 0 radical (unpaired) electrons. The van der Waals surface area contributed by atoms with Crippen molar-refractivity contribution in [2.24, 2.45) is 5.92 Å². The SMILES string of the molecule is CC1CCN(c2ccc(NC(=S)NC(=O)c3ccc(-c4ccc(Cl)cc4Cl)o3)cc2)CC1. The molecule has 2 heterocycles. The molecular formula is C24H23Cl2N3O2S. The zero-order chi connectivity index (χ0) is 22.7. The maximum Gasteiger partial charge on any atom is 0.293 e. The van der Waals surface area contributed by atoms with Crippen molar-refractivity contribution in [3.8, 4) is 11.3 Å². The van der Waals surface area contributed by atoms with Crippen LogP contribution < -0.4 is 15.5 Å². The summed E-state index contributed by atoms with van der Waals surface area (Å²) < 4.78 is 5.66. The number of hydrogen-bond donors (Lipinski definition) is 2. The number of hydrogen-bond acceptors (Lipinski definition) is 4. The zero-order valence-corrected chi connectivity index (χ0v) is 19.9. The Morgan fingerprint density at radius 1 is 1.06 bits per heavy atom. The minimum atomic E-state index is -0.446. The topological polar surface area (TPSA) is 57.5 Å². The molecule has 3 aromatic rings. The van der Waals surface area contributed by atoms with Crippen molar-refractivity contribution >= 4 is 57.8 Å². The first kappa shape index (κ1) is 22.6. The van der Waals surface area contributed by atoms with Crippen LogP contribution in [0.25, 0.3) is 11.3 Å². The summed E-state index contributed by atoms with van der Waals surface area (Å²) in [6.07, 6.45) is 2.43. The second-order valence-corrected chi connectivity index (χ2v) is 9.16. The van der Waals surface area contributed by atoms with Gasteiger partial charge in [0, 0.05) is 35.1 Å². The zero-order valence-electron chi connectivity index (χ0n) is 17.5. The van der Waals surface area contributed by atoms with Gasteiger partial charge in [0.25, 0.3) is 5.91 Å². The van der Waals surface area contributed by atoms with Gasteiger partial charge in [-0.3, -0.25) is 10.1 Å². The predicted molar refractivity (Wildman–Crippen MR) is 135 cm³/mol. The standard InChI is InChI=1S/C24H23Cl2N3O2S/c1-15-10-12-29(13-11-15)18-5-3-17(4-6-18)27-24(32)28-23(30)22-9-8-21(31-22)19-7-2-16(25)14-20(19)26/h2-9,14-15H,10-13H2,1H3,(H2,27,28,30,32). The summed E-state index contributed by atoms with van der Waals surface area (Å²) in [4.78, 5) is 14.9. The average Bonchev–Trinajstić information content (AvgIpc) is 3.25. The molecule has 1 saturated heterocycles. The van der Waals surface area contributed by atoms with Gasteiger partial charge >= 0.3 is 0 Å². The Morgan fingerprint density at radius 3 is 2.47 bits per heavy atom. The highest BCUT2D eigenvalue weighted by atomic mass is 35.5. The van der Waals surface area contributed by atoms with Crippen LogP contribution in [-0.4, -0.2) is 24.1 Å². The van der Waals surface area contributed by atoms with E-state index < -0.39 is 5.91 Å². The third kappa shape index (κ3) is 5.44. The lowest BCUT2D eigenvalue weighted by Gasteiger charge is -2.32. The van der Waals surface area contributed by atoms with E-state index in [0.717, 1.165) is 24.7 Å². The highest BCUT2D eigenvalue weighted by Gasteiger charge is 2.17. The fourth-order valence-electron chi connectivity index (χ4n) is 3.64. The number of piperidine rings is 1. The van der Waals surface area contributed by atoms with E-state index in [1.54, 1.807) is 30.3 Å². The molecule has 166 valence electrons.